The lowest BCUT2D eigenvalue weighted by molar-refractivity contribution is -0.384. The Hall–Kier alpha value is -0.810. The van der Waals surface area contributed by atoms with E-state index in [1.165, 1.54) is 12.5 Å². The molecule has 1 aromatic rings. The molecular weight excluding hydrogens is 190 g/mol. The molecule has 0 spiro atoms. The lowest BCUT2D eigenvalue weighted by Gasteiger charge is -1.91. The first-order chi connectivity index (χ1) is 5.16. The Balaban J connectivity index is 3.10. The summed E-state index contributed by atoms with van der Waals surface area (Å²) < 4.78 is 4.76. The molecule has 0 aliphatic heterocycles. The molecule has 0 aliphatic rings. The van der Waals surface area contributed by atoms with Crippen LogP contribution in [0.1, 0.15) is 0 Å². The molecule has 0 fully saturated rings. The quantitative estimate of drug-likeness (QED) is 0.535. The van der Waals surface area contributed by atoms with E-state index in [0.29, 0.717) is 5.06 Å². The third-order valence-corrected chi connectivity index (χ3v) is 2.47. The van der Waals surface area contributed by atoms with Gasteiger partial charge < -0.3 is 4.74 Å². The molecule has 11 heavy (non-hydrogen) atoms. The maximum absolute atomic E-state index is 10.2. The SMILES string of the molecule is COc1scc([N+](=O)[O-])c1Cl. The van der Waals surface area contributed by atoms with E-state index in [-0.39, 0.29) is 10.7 Å². The fourth-order valence-electron chi connectivity index (χ4n) is 0.578. The summed E-state index contributed by atoms with van der Waals surface area (Å²) in [5.41, 5.74) is -0.103. The Morgan fingerprint density at radius 3 is 2.73 bits per heavy atom. The summed E-state index contributed by atoms with van der Waals surface area (Å²) >= 11 is 6.67. The lowest BCUT2D eigenvalue weighted by atomic mass is 10.5. The normalized spacial score (nSPS) is 9.64. The summed E-state index contributed by atoms with van der Waals surface area (Å²) in [7, 11) is 1.42. The zero-order valence-corrected chi connectivity index (χ0v) is 7.11. The average Bonchev–Trinajstić information content (AvgIpc) is 2.30. The summed E-state index contributed by atoms with van der Waals surface area (Å²) in [6, 6.07) is 0. The largest absolute Gasteiger partial charge is 0.486 e. The van der Waals surface area contributed by atoms with E-state index in [0.717, 1.165) is 11.3 Å². The van der Waals surface area contributed by atoms with Crippen LogP contribution in [-0.2, 0) is 0 Å². The van der Waals surface area contributed by atoms with Gasteiger partial charge >= 0.3 is 5.69 Å². The number of ether oxygens (including phenoxy) is 1. The lowest BCUT2D eigenvalue weighted by Crippen LogP contribution is -1.85. The first kappa shape index (κ1) is 8.29. The maximum atomic E-state index is 10.2. The van der Waals surface area contributed by atoms with Crippen LogP contribution in [0.3, 0.4) is 0 Å². The Kier molecular flexibility index (Phi) is 2.31. The van der Waals surface area contributed by atoms with Crippen LogP contribution in [0.2, 0.25) is 5.02 Å². The van der Waals surface area contributed by atoms with E-state index in [1.807, 2.05) is 0 Å². The van der Waals surface area contributed by atoms with Crippen molar-refractivity contribution >= 4 is 28.6 Å². The van der Waals surface area contributed by atoms with Gasteiger partial charge in [0.1, 0.15) is 0 Å². The second kappa shape index (κ2) is 3.06. The highest BCUT2D eigenvalue weighted by molar-refractivity contribution is 7.13. The van der Waals surface area contributed by atoms with Crippen LogP contribution in [-0.4, -0.2) is 12.0 Å². The van der Waals surface area contributed by atoms with E-state index in [4.69, 9.17) is 16.3 Å². The number of thiophene rings is 1. The molecule has 0 aromatic carbocycles. The topological polar surface area (TPSA) is 52.4 Å². The van der Waals surface area contributed by atoms with E-state index in [9.17, 15) is 10.1 Å². The second-order valence-corrected chi connectivity index (χ2v) is 2.90. The highest BCUT2D eigenvalue weighted by Crippen LogP contribution is 2.39. The predicted molar refractivity (Wildman–Crippen MR) is 42.5 cm³/mol. The molecule has 0 saturated carbocycles. The van der Waals surface area contributed by atoms with Crippen molar-refractivity contribution < 1.29 is 9.66 Å². The molecule has 0 unspecified atom stereocenters. The van der Waals surface area contributed by atoms with Crippen LogP contribution in [0.5, 0.6) is 5.06 Å². The number of nitro groups is 1. The number of nitrogens with zero attached hydrogens (tertiary/aromatic N) is 1. The van der Waals surface area contributed by atoms with Crippen LogP contribution in [0.25, 0.3) is 0 Å². The zero-order chi connectivity index (χ0) is 8.43. The molecule has 0 aliphatic carbocycles. The van der Waals surface area contributed by atoms with Gasteiger partial charge in [0.25, 0.3) is 0 Å². The number of methoxy groups -OCH3 is 1. The fourth-order valence-corrected chi connectivity index (χ4v) is 1.70. The van der Waals surface area contributed by atoms with Gasteiger partial charge in [-0.25, -0.2) is 0 Å². The van der Waals surface area contributed by atoms with Crippen molar-refractivity contribution in [3.05, 3.63) is 20.5 Å². The fraction of sp³-hybridized carbons (Fsp3) is 0.200. The van der Waals surface area contributed by atoms with Gasteiger partial charge in [-0.1, -0.05) is 22.9 Å². The Morgan fingerprint density at radius 1 is 1.82 bits per heavy atom. The van der Waals surface area contributed by atoms with Crippen LogP contribution in [0.15, 0.2) is 5.38 Å². The highest BCUT2D eigenvalue weighted by Gasteiger charge is 2.18. The summed E-state index contributed by atoms with van der Waals surface area (Å²) in [6.07, 6.45) is 0. The molecule has 4 nitrogen and oxygen atoms in total. The van der Waals surface area contributed by atoms with Gasteiger partial charge in [-0.2, -0.15) is 0 Å². The van der Waals surface area contributed by atoms with Crippen molar-refractivity contribution in [3.63, 3.8) is 0 Å². The van der Waals surface area contributed by atoms with Crippen molar-refractivity contribution in [2.75, 3.05) is 7.11 Å². The molecule has 60 valence electrons. The monoisotopic (exact) mass is 193 g/mol. The van der Waals surface area contributed by atoms with Gasteiger partial charge in [0.15, 0.2) is 10.1 Å². The van der Waals surface area contributed by atoms with Crippen LogP contribution >= 0.6 is 22.9 Å². The number of hydrogen-bond acceptors (Lipinski definition) is 4. The van der Waals surface area contributed by atoms with Crippen LogP contribution < -0.4 is 4.74 Å². The minimum absolute atomic E-state index is 0.0718. The predicted octanol–water partition coefficient (Wildman–Crippen LogP) is 2.32. The first-order valence-electron chi connectivity index (χ1n) is 2.62. The van der Waals surface area contributed by atoms with Gasteiger partial charge in [0, 0.05) is 0 Å². The van der Waals surface area contributed by atoms with Crippen LogP contribution in [0, 0.1) is 10.1 Å². The standard InChI is InChI=1S/C5H4ClNO3S/c1-10-5-4(6)3(2-11-5)7(8)9/h2H,1H3. The van der Waals surface area contributed by atoms with Gasteiger partial charge in [0.2, 0.25) is 0 Å². The minimum Gasteiger partial charge on any atom is -0.486 e. The molecule has 1 heterocycles. The van der Waals surface area contributed by atoms with E-state index in [1.54, 1.807) is 0 Å². The molecule has 6 heteroatoms. The van der Waals surface area contributed by atoms with Gasteiger partial charge in [-0.15, -0.1) is 0 Å². The Labute approximate surface area is 71.5 Å². The highest BCUT2D eigenvalue weighted by atomic mass is 35.5. The van der Waals surface area contributed by atoms with Crippen molar-refractivity contribution in [2.45, 2.75) is 0 Å². The number of rotatable bonds is 2. The van der Waals surface area contributed by atoms with E-state index >= 15 is 0 Å². The van der Waals surface area contributed by atoms with Gasteiger partial charge in [-0.3, -0.25) is 10.1 Å². The maximum Gasteiger partial charge on any atom is 0.302 e. The summed E-state index contributed by atoms with van der Waals surface area (Å²) in [5, 5.41) is 12.0. The van der Waals surface area contributed by atoms with E-state index < -0.39 is 4.92 Å². The Bertz CT molecular complexity index is 285. The number of halogens is 1. The van der Waals surface area contributed by atoms with Crippen molar-refractivity contribution in [3.8, 4) is 5.06 Å². The van der Waals surface area contributed by atoms with Crippen molar-refractivity contribution in [2.24, 2.45) is 0 Å². The van der Waals surface area contributed by atoms with Crippen LogP contribution in [0.4, 0.5) is 5.69 Å². The molecule has 0 amide bonds. The summed E-state index contributed by atoms with van der Waals surface area (Å²) in [6.45, 7) is 0. The molecule has 0 bridgehead atoms. The molecular formula is C5H4ClNO3S. The van der Waals surface area contributed by atoms with Crippen molar-refractivity contribution in [1.29, 1.82) is 0 Å². The number of hydrogen-bond donors (Lipinski definition) is 0. The van der Waals surface area contributed by atoms with E-state index in [2.05, 4.69) is 0 Å². The smallest absolute Gasteiger partial charge is 0.302 e. The molecule has 0 radical (unpaired) electrons. The summed E-state index contributed by atoms with van der Waals surface area (Å²) in [4.78, 5) is 9.68. The van der Waals surface area contributed by atoms with Gasteiger partial charge in [-0.05, 0) is 0 Å². The van der Waals surface area contributed by atoms with Gasteiger partial charge in [0.05, 0.1) is 17.4 Å². The third-order valence-electron chi connectivity index (χ3n) is 1.06. The third kappa shape index (κ3) is 1.44. The summed E-state index contributed by atoms with van der Waals surface area (Å²) in [5.74, 6) is 0. The molecule has 1 rings (SSSR count). The first-order valence-corrected chi connectivity index (χ1v) is 3.88. The molecule has 0 saturated heterocycles. The molecule has 0 N–H and O–H groups in total. The molecule has 1 aromatic heterocycles. The second-order valence-electron chi connectivity index (χ2n) is 1.68. The average molecular weight is 194 g/mol. The molecule has 0 atom stereocenters. The zero-order valence-electron chi connectivity index (χ0n) is 5.54. The Morgan fingerprint density at radius 2 is 2.45 bits per heavy atom. The minimum atomic E-state index is -0.540. The van der Waals surface area contributed by atoms with Crippen molar-refractivity contribution in [1.82, 2.24) is 0 Å².